The summed E-state index contributed by atoms with van der Waals surface area (Å²) in [5.41, 5.74) is 1.97. The lowest BCUT2D eigenvalue weighted by atomic mass is 10.0. The Hall–Kier alpha value is -1.60. The molecule has 7 heteroatoms. The van der Waals surface area contributed by atoms with E-state index in [1.54, 1.807) is 0 Å². The summed E-state index contributed by atoms with van der Waals surface area (Å²) >= 11 is 0. The van der Waals surface area contributed by atoms with Gasteiger partial charge in [0, 0.05) is 0 Å². The number of hydrogen-bond donors (Lipinski definition) is 4. The van der Waals surface area contributed by atoms with E-state index in [-0.39, 0.29) is 6.61 Å². The molecule has 17 heavy (non-hydrogen) atoms. The zero-order valence-electron chi connectivity index (χ0n) is 10.3. The molecule has 0 bridgehead atoms. The van der Waals surface area contributed by atoms with E-state index in [1.807, 2.05) is 13.8 Å². The van der Waals surface area contributed by atoms with Gasteiger partial charge in [-0.1, -0.05) is 6.92 Å². The van der Waals surface area contributed by atoms with Crippen molar-refractivity contribution in [2.75, 3.05) is 24.5 Å². The van der Waals surface area contributed by atoms with Gasteiger partial charge in [0.1, 0.15) is 6.33 Å². The van der Waals surface area contributed by atoms with Crippen molar-refractivity contribution in [3.05, 3.63) is 6.33 Å². The molecule has 0 spiro atoms. The Morgan fingerprint density at radius 2 is 2.12 bits per heavy atom. The number of aliphatic hydroxyl groups is 1. The first-order valence-corrected chi connectivity index (χ1v) is 5.35. The largest absolute Gasteiger partial charge is 0.490 e. The highest BCUT2D eigenvalue weighted by Crippen LogP contribution is 2.30. The predicted octanol–water partition coefficient (Wildman–Crippen LogP) is 0.344. The lowest BCUT2D eigenvalue weighted by Gasteiger charge is -2.28. The smallest absolute Gasteiger partial charge is 0.205 e. The van der Waals surface area contributed by atoms with Crippen LogP contribution >= 0.6 is 0 Å². The quantitative estimate of drug-likeness (QED) is 0.420. The molecule has 1 aromatic rings. The van der Waals surface area contributed by atoms with Crippen LogP contribution in [0.25, 0.3) is 0 Å². The molecule has 5 N–H and O–H groups in total. The highest BCUT2D eigenvalue weighted by Gasteiger charge is 2.24. The molecule has 0 saturated carbocycles. The normalized spacial score (nSPS) is 13.9. The molecule has 0 radical (unpaired) electrons. The molecular formula is C10H19N5O2. The van der Waals surface area contributed by atoms with E-state index in [9.17, 15) is 5.11 Å². The van der Waals surface area contributed by atoms with Crippen LogP contribution in [0.1, 0.15) is 20.3 Å². The van der Waals surface area contributed by atoms with Crippen molar-refractivity contribution in [3.63, 3.8) is 0 Å². The molecule has 0 fully saturated rings. The lowest BCUT2D eigenvalue weighted by Crippen LogP contribution is -2.38. The Bertz CT molecular complexity index is 368. The number of aromatic nitrogens is 2. The Morgan fingerprint density at radius 1 is 1.47 bits per heavy atom. The van der Waals surface area contributed by atoms with Crippen LogP contribution in [-0.2, 0) is 0 Å². The zero-order valence-corrected chi connectivity index (χ0v) is 10.3. The standard InChI is InChI=1S/C10H19N5O2/c1-4-10(2,5-16)14-8-7(17-3)9(15-11)13-6-12-8/h6,16H,4-5,11H2,1-3H3,(H2,12,13,14,15). The molecule has 0 saturated heterocycles. The van der Waals surface area contributed by atoms with E-state index in [0.717, 1.165) is 6.42 Å². The van der Waals surface area contributed by atoms with Crippen LogP contribution in [-0.4, -0.2) is 34.3 Å². The van der Waals surface area contributed by atoms with Gasteiger partial charge in [-0.25, -0.2) is 15.8 Å². The van der Waals surface area contributed by atoms with Crippen LogP contribution < -0.4 is 21.3 Å². The lowest BCUT2D eigenvalue weighted by molar-refractivity contribution is 0.218. The number of aliphatic hydroxyl groups excluding tert-OH is 1. The maximum Gasteiger partial charge on any atom is 0.205 e. The van der Waals surface area contributed by atoms with Gasteiger partial charge < -0.3 is 20.6 Å². The number of ether oxygens (including phenoxy) is 1. The monoisotopic (exact) mass is 241 g/mol. The number of nitrogens with zero attached hydrogens (tertiary/aromatic N) is 2. The fourth-order valence-corrected chi connectivity index (χ4v) is 1.28. The molecule has 1 rings (SSSR count). The van der Waals surface area contributed by atoms with Crippen LogP contribution in [0.15, 0.2) is 6.33 Å². The molecule has 0 aromatic carbocycles. The summed E-state index contributed by atoms with van der Waals surface area (Å²) in [4.78, 5) is 8.02. The summed E-state index contributed by atoms with van der Waals surface area (Å²) < 4.78 is 5.19. The van der Waals surface area contributed by atoms with Crippen molar-refractivity contribution in [1.29, 1.82) is 0 Å². The van der Waals surface area contributed by atoms with Crippen molar-refractivity contribution >= 4 is 11.6 Å². The third-order valence-electron chi connectivity index (χ3n) is 2.69. The van der Waals surface area contributed by atoms with Crippen molar-refractivity contribution in [1.82, 2.24) is 9.97 Å². The van der Waals surface area contributed by atoms with Crippen molar-refractivity contribution in [3.8, 4) is 5.75 Å². The summed E-state index contributed by atoms with van der Waals surface area (Å²) in [5.74, 6) is 6.63. The molecule has 96 valence electrons. The minimum Gasteiger partial charge on any atom is -0.490 e. The second-order valence-corrected chi connectivity index (χ2v) is 3.95. The van der Waals surface area contributed by atoms with Crippen LogP contribution in [0.4, 0.5) is 11.6 Å². The van der Waals surface area contributed by atoms with E-state index in [0.29, 0.717) is 17.4 Å². The summed E-state index contributed by atoms with van der Waals surface area (Å²) in [6.45, 7) is 3.85. The summed E-state index contributed by atoms with van der Waals surface area (Å²) in [5, 5.41) is 12.5. The maximum atomic E-state index is 9.35. The number of nitrogens with one attached hydrogen (secondary N) is 2. The van der Waals surface area contributed by atoms with E-state index in [4.69, 9.17) is 10.6 Å². The average molecular weight is 241 g/mol. The van der Waals surface area contributed by atoms with Gasteiger partial charge in [-0.3, -0.25) is 0 Å². The van der Waals surface area contributed by atoms with E-state index < -0.39 is 5.54 Å². The van der Waals surface area contributed by atoms with Gasteiger partial charge in [-0.2, -0.15) is 0 Å². The van der Waals surface area contributed by atoms with Gasteiger partial charge in [-0.05, 0) is 13.3 Å². The molecular weight excluding hydrogens is 222 g/mol. The molecule has 1 aromatic heterocycles. The van der Waals surface area contributed by atoms with Crippen molar-refractivity contribution in [2.45, 2.75) is 25.8 Å². The van der Waals surface area contributed by atoms with E-state index in [1.165, 1.54) is 13.4 Å². The number of nitrogen functional groups attached to an aromatic ring is 1. The first-order chi connectivity index (χ1) is 8.10. The van der Waals surface area contributed by atoms with Gasteiger partial charge in [0.15, 0.2) is 11.6 Å². The summed E-state index contributed by atoms with van der Waals surface area (Å²) in [7, 11) is 1.51. The molecule has 7 nitrogen and oxygen atoms in total. The van der Waals surface area contributed by atoms with E-state index >= 15 is 0 Å². The van der Waals surface area contributed by atoms with Gasteiger partial charge in [0.05, 0.1) is 19.3 Å². The third kappa shape index (κ3) is 2.95. The molecule has 1 unspecified atom stereocenters. The first-order valence-electron chi connectivity index (χ1n) is 5.35. The fourth-order valence-electron chi connectivity index (χ4n) is 1.28. The summed E-state index contributed by atoms with van der Waals surface area (Å²) in [6, 6.07) is 0. The number of rotatable bonds is 6. The Kier molecular flexibility index (Phi) is 4.47. The number of hydrogen-bond acceptors (Lipinski definition) is 7. The van der Waals surface area contributed by atoms with Crippen LogP contribution in [0.2, 0.25) is 0 Å². The highest BCUT2D eigenvalue weighted by atomic mass is 16.5. The first kappa shape index (κ1) is 13.5. The zero-order chi connectivity index (χ0) is 12.9. The van der Waals surface area contributed by atoms with Crippen LogP contribution in [0.5, 0.6) is 5.75 Å². The Labute approximate surface area is 100 Å². The second kappa shape index (κ2) is 5.65. The topological polar surface area (TPSA) is 105 Å². The molecule has 0 aliphatic rings. The maximum absolute atomic E-state index is 9.35. The SMILES string of the molecule is CCC(C)(CO)Nc1ncnc(NN)c1OC. The molecule has 1 heterocycles. The molecule has 0 aliphatic carbocycles. The minimum atomic E-state index is -0.465. The van der Waals surface area contributed by atoms with Gasteiger partial charge >= 0.3 is 0 Å². The van der Waals surface area contributed by atoms with Crippen molar-refractivity contribution < 1.29 is 9.84 Å². The van der Waals surface area contributed by atoms with Gasteiger partial charge in [0.25, 0.3) is 0 Å². The predicted molar refractivity (Wildman–Crippen MR) is 65.8 cm³/mol. The fraction of sp³-hybridized carbons (Fsp3) is 0.600. The molecule has 1 atom stereocenters. The number of nitrogens with two attached hydrogens (primary N) is 1. The average Bonchev–Trinajstić information content (AvgIpc) is 2.38. The second-order valence-electron chi connectivity index (χ2n) is 3.95. The van der Waals surface area contributed by atoms with Crippen LogP contribution in [0.3, 0.4) is 0 Å². The van der Waals surface area contributed by atoms with E-state index in [2.05, 4.69) is 20.7 Å². The Morgan fingerprint density at radius 3 is 2.59 bits per heavy atom. The number of hydrazine groups is 1. The molecule has 0 aliphatic heterocycles. The van der Waals surface area contributed by atoms with Gasteiger partial charge in [-0.15, -0.1) is 0 Å². The Balaban J connectivity index is 3.05. The van der Waals surface area contributed by atoms with Crippen LogP contribution in [0, 0.1) is 0 Å². The highest BCUT2D eigenvalue weighted by molar-refractivity contribution is 5.63. The van der Waals surface area contributed by atoms with Crippen molar-refractivity contribution in [2.24, 2.45) is 5.84 Å². The molecule has 0 amide bonds. The number of anilines is 2. The van der Waals surface area contributed by atoms with Gasteiger partial charge in [0.2, 0.25) is 5.75 Å². The number of methoxy groups -OCH3 is 1. The minimum absolute atomic E-state index is 0.0119. The third-order valence-corrected chi connectivity index (χ3v) is 2.69. The summed E-state index contributed by atoms with van der Waals surface area (Å²) in [6.07, 6.45) is 2.11.